The normalized spacial score (nSPS) is 14.7. The molecule has 0 aromatic heterocycles. The molecule has 0 bridgehead atoms. The van der Waals surface area contributed by atoms with Crippen molar-refractivity contribution >= 4 is 11.6 Å². The van der Waals surface area contributed by atoms with Crippen molar-refractivity contribution < 1.29 is 9.84 Å². The van der Waals surface area contributed by atoms with E-state index in [9.17, 15) is 5.11 Å². The van der Waals surface area contributed by atoms with Gasteiger partial charge >= 0.3 is 0 Å². The summed E-state index contributed by atoms with van der Waals surface area (Å²) in [5, 5.41) is 10.7. The lowest BCUT2D eigenvalue weighted by Crippen LogP contribution is -2.26. The van der Waals surface area contributed by atoms with E-state index in [-0.39, 0.29) is 0 Å². The summed E-state index contributed by atoms with van der Waals surface area (Å²) in [7, 11) is 1.62. The Labute approximate surface area is 95.8 Å². The van der Waals surface area contributed by atoms with E-state index in [1.165, 1.54) is 0 Å². The zero-order valence-corrected chi connectivity index (χ0v) is 10.1. The van der Waals surface area contributed by atoms with Crippen LogP contribution in [0, 0.1) is 0 Å². The van der Waals surface area contributed by atoms with Gasteiger partial charge in [0, 0.05) is 11.4 Å². The molecule has 2 nitrogen and oxygen atoms in total. The topological polar surface area (TPSA) is 29.5 Å². The van der Waals surface area contributed by atoms with E-state index >= 15 is 0 Å². The molecule has 15 heavy (non-hydrogen) atoms. The number of halogens is 1. The predicted octanol–water partition coefficient (Wildman–Crippen LogP) is 3.05. The highest BCUT2D eigenvalue weighted by Gasteiger charge is 2.20. The number of hydrogen-bond donors (Lipinski definition) is 1. The van der Waals surface area contributed by atoms with Crippen LogP contribution in [0.1, 0.15) is 25.8 Å². The Hall–Kier alpha value is -0.730. The highest BCUT2D eigenvalue weighted by atomic mass is 35.5. The minimum Gasteiger partial charge on any atom is -0.496 e. The molecule has 0 aliphatic heterocycles. The van der Waals surface area contributed by atoms with Crippen LogP contribution >= 0.6 is 11.6 Å². The van der Waals surface area contributed by atoms with Crippen molar-refractivity contribution in [2.45, 2.75) is 32.3 Å². The van der Waals surface area contributed by atoms with E-state index in [0.29, 0.717) is 17.9 Å². The summed E-state index contributed by atoms with van der Waals surface area (Å²) < 4.78 is 5.22. The first-order valence-corrected chi connectivity index (χ1v) is 5.41. The lowest BCUT2D eigenvalue weighted by atomic mass is 9.93. The molecule has 1 rings (SSSR count). The van der Waals surface area contributed by atoms with Gasteiger partial charge < -0.3 is 9.84 Å². The SMILES string of the molecule is CCC(C)(O)Cc1cc(Cl)ccc1OC. The maximum atomic E-state index is 9.99. The van der Waals surface area contributed by atoms with Crippen LogP contribution in [-0.2, 0) is 6.42 Å². The van der Waals surface area contributed by atoms with Gasteiger partial charge in [-0.15, -0.1) is 0 Å². The van der Waals surface area contributed by atoms with Gasteiger partial charge in [0.1, 0.15) is 5.75 Å². The molecule has 0 radical (unpaired) electrons. The van der Waals surface area contributed by atoms with Gasteiger partial charge in [-0.25, -0.2) is 0 Å². The van der Waals surface area contributed by atoms with E-state index in [0.717, 1.165) is 11.3 Å². The summed E-state index contributed by atoms with van der Waals surface area (Å²) in [5.74, 6) is 0.771. The van der Waals surface area contributed by atoms with Crippen molar-refractivity contribution in [3.05, 3.63) is 28.8 Å². The van der Waals surface area contributed by atoms with E-state index < -0.39 is 5.60 Å². The zero-order chi connectivity index (χ0) is 11.5. The summed E-state index contributed by atoms with van der Waals surface area (Å²) >= 11 is 5.91. The molecule has 1 unspecified atom stereocenters. The van der Waals surface area contributed by atoms with Crippen LogP contribution in [0.3, 0.4) is 0 Å². The standard InChI is InChI=1S/C12H17ClO2/c1-4-12(2,14)8-9-7-10(13)5-6-11(9)15-3/h5-7,14H,4,8H2,1-3H3. The number of hydrogen-bond acceptors (Lipinski definition) is 2. The molecule has 0 saturated carbocycles. The Morgan fingerprint density at radius 3 is 2.67 bits per heavy atom. The van der Waals surface area contributed by atoms with Gasteiger partial charge in [-0.1, -0.05) is 18.5 Å². The largest absolute Gasteiger partial charge is 0.496 e. The molecule has 1 N–H and O–H groups in total. The molecular weight excluding hydrogens is 212 g/mol. The van der Waals surface area contributed by atoms with Crippen LogP contribution in [0.15, 0.2) is 18.2 Å². The Bertz CT molecular complexity index is 334. The van der Waals surface area contributed by atoms with Crippen molar-refractivity contribution in [3.8, 4) is 5.75 Å². The van der Waals surface area contributed by atoms with Crippen LogP contribution in [-0.4, -0.2) is 17.8 Å². The van der Waals surface area contributed by atoms with Crippen LogP contribution in [0.4, 0.5) is 0 Å². The van der Waals surface area contributed by atoms with E-state index in [4.69, 9.17) is 16.3 Å². The molecule has 1 aromatic carbocycles. The third-order valence-electron chi connectivity index (χ3n) is 2.58. The lowest BCUT2D eigenvalue weighted by molar-refractivity contribution is 0.0558. The van der Waals surface area contributed by atoms with Gasteiger partial charge in [0.2, 0.25) is 0 Å². The smallest absolute Gasteiger partial charge is 0.122 e. The summed E-state index contributed by atoms with van der Waals surface area (Å²) in [4.78, 5) is 0. The number of benzene rings is 1. The quantitative estimate of drug-likeness (QED) is 0.859. The average Bonchev–Trinajstić information content (AvgIpc) is 2.18. The third kappa shape index (κ3) is 3.40. The molecule has 1 atom stereocenters. The lowest BCUT2D eigenvalue weighted by Gasteiger charge is -2.22. The fourth-order valence-corrected chi connectivity index (χ4v) is 1.62. The molecule has 84 valence electrons. The second-order valence-electron chi connectivity index (χ2n) is 3.98. The van der Waals surface area contributed by atoms with E-state index in [2.05, 4.69) is 0 Å². The van der Waals surface area contributed by atoms with Crippen LogP contribution in [0.2, 0.25) is 5.02 Å². The van der Waals surface area contributed by atoms with Crippen molar-refractivity contribution in [2.75, 3.05) is 7.11 Å². The number of aliphatic hydroxyl groups is 1. The first kappa shape index (κ1) is 12.3. The second kappa shape index (κ2) is 4.86. The van der Waals surface area contributed by atoms with Crippen molar-refractivity contribution in [1.29, 1.82) is 0 Å². The highest BCUT2D eigenvalue weighted by Crippen LogP contribution is 2.27. The maximum absolute atomic E-state index is 9.99. The van der Waals surface area contributed by atoms with Crippen molar-refractivity contribution in [1.82, 2.24) is 0 Å². The van der Waals surface area contributed by atoms with Crippen molar-refractivity contribution in [2.24, 2.45) is 0 Å². The third-order valence-corrected chi connectivity index (χ3v) is 2.81. The van der Waals surface area contributed by atoms with E-state index in [1.807, 2.05) is 26.0 Å². The molecular formula is C12H17ClO2. The van der Waals surface area contributed by atoms with Gasteiger partial charge in [-0.2, -0.15) is 0 Å². The molecule has 1 aromatic rings. The van der Waals surface area contributed by atoms with Crippen LogP contribution < -0.4 is 4.74 Å². The summed E-state index contributed by atoms with van der Waals surface area (Å²) in [6, 6.07) is 5.44. The van der Waals surface area contributed by atoms with Crippen LogP contribution in [0.5, 0.6) is 5.75 Å². The molecule has 0 aliphatic rings. The monoisotopic (exact) mass is 228 g/mol. The molecule has 0 saturated heterocycles. The highest BCUT2D eigenvalue weighted by molar-refractivity contribution is 6.30. The Morgan fingerprint density at radius 1 is 1.47 bits per heavy atom. The fourth-order valence-electron chi connectivity index (χ4n) is 1.42. The Morgan fingerprint density at radius 2 is 2.13 bits per heavy atom. The first-order chi connectivity index (χ1) is 6.98. The van der Waals surface area contributed by atoms with Crippen LogP contribution in [0.25, 0.3) is 0 Å². The summed E-state index contributed by atoms with van der Waals surface area (Å²) in [6.07, 6.45) is 1.25. The molecule has 0 aliphatic carbocycles. The first-order valence-electron chi connectivity index (χ1n) is 5.03. The predicted molar refractivity (Wildman–Crippen MR) is 62.6 cm³/mol. The molecule has 0 spiro atoms. The molecule has 3 heteroatoms. The van der Waals surface area contributed by atoms with Gasteiger partial charge in [0.25, 0.3) is 0 Å². The number of ether oxygens (including phenoxy) is 1. The molecule has 0 amide bonds. The van der Waals surface area contributed by atoms with E-state index in [1.54, 1.807) is 13.2 Å². The molecule has 0 fully saturated rings. The number of rotatable bonds is 4. The summed E-state index contributed by atoms with van der Waals surface area (Å²) in [5.41, 5.74) is 0.231. The Balaban J connectivity index is 2.97. The zero-order valence-electron chi connectivity index (χ0n) is 9.38. The van der Waals surface area contributed by atoms with Gasteiger partial charge in [0.15, 0.2) is 0 Å². The summed E-state index contributed by atoms with van der Waals surface area (Å²) in [6.45, 7) is 3.77. The fraction of sp³-hybridized carbons (Fsp3) is 0.500. The maximum Gasteiger partial charge on any atom is 0.122 e. The number of methoxy groups -OCH3 is 1. The molecule has 0 heterocycles. The average molecular weight is 229 g/mol. The minimum absolute atomic E-state index is 0.549. The Kier molecular flexibility index (Phi) is 4.00. The van der Waals surface area contributed by atoms with Gasteiger partial charge in [-0.05, 0) is 37.1 Å². The van der Waals surface area contributed by atoms with Crippen molar-refractivity contribution in [3.63, 3.8) is 0 Å². The van der Waals surface area contributed by atoms with Gasteiger partial charge in [0.05, 0.1) is 12.7 Å². The minimum atomic E-state index is -0.710. The van der Waals surface area contributed by atoms with Gasteiger partial charge in [-0.3, -0.25) is 0 Å². The second-order valence-corrected chi connectivity index (χ2v) is 4.42.